The van der Waals surface area contributed by atoms with Gasteiger partial charge in [-0.25, -0.2) is 5.43 Å². The van der Waals surface area contributed by atoms with Gasteiger partial charge < -0.3 is 4.90 Å². The third-order valence-corrected chi connectivity index (χ3v) is 6.14. The fraction of sp³-hybridized carbons (Fsp3) is 0.882. The minimum atomic E-state index is -4.76. The molecule has 2 N–H and O–H groups in total. The number of halogens is 6. The maximum absolute atomic E-state index is 13.3. The molecule has 3 fully saturated rings. The van der Waals surface area contributed by atoms with Crippen molar-refractivity contribution in [3.05, 3.63) is 0 Å². The molecule has 2 amide bonds. The van der Waals surface area contributed by atoms with E-state index in [0.717, 1.165) is 0 Å². The van der Waals surface area contributed by atoms with Crippen LogP contribution in [0.4, 0.5) is 26.3 Å². The summed E-state index contributed by atoms with van der Waals surface area (Å²) in [5, 5.41) is 0. The van der Waals surface area contributed by atoms with E-state index in [9.17, 15) is 35.9 Å². The van der Waals surface area contributed by atoms with Gasteiger partial charge in [0.15, 0.2) is 5.92 Å². The fourth-order valence-electron chi connectivity index (χ4n) is 4.66. The third-order valence-electron chi connectivity index (χ3n) is 6.14. The Kier molecular flexibility index (Phi) is 6.32. The predicted octanol–water partition coefficient (Wildman–Crippen LogP) is 1.68. The lowest BCUT2D eigenvalue weighted by Gasteiger charge is -2.44. The van der Waals surface area contributed by atoms with Crippen LogP contribution in [0.1, 0.15) is 25.7 Å². The first kappa shape index (κ1) is 22.1. The lowest BCUT2D eigenvalue weighted by atomic mass is 9.78. The largest absolute Gasteiger partial charge is 0.402 e. The van der Waals surface area contributed by atoms with Gasteiger partial charge in [0.25, 0.3) is 0 Å². The van der Waals surface area contributed by atoms with Crippen LogP contribution in [0.25, 0.3) is 0 Å². The smallest absolute Gasteiger partial charge is 0.340 e. The molecule has 0 bridgehead atoms. The van der Waals surface area contributed by atoms with E-state index in [1.165, 1.54) is 9.80 Å². The van der Waals surface area contributed by atoms with Crippen molar-refractivity contribution in [1.29, 1.82) is 0 Å². The standard InChI is InChI=1S/C17H24F6N4O2/c18-16(19,20)11-4-2-1-3-10(11)8-27-6-5-26(9-13(27)28)12-7-24-25-15(29)14(12)17(21,22)23/h10-12,14,24H,1-9H2,(H,25,29). The topological polar surface area (TPSA) is 64.7 Å². The number of alkyl halides is 6. The van der Waals surface area contributed by atoms with E-state index in [4.69, 9.17) is 0 Å². The second kappa shape index (κ2) is 8.29. The number of piperazine rings is 1. The molecule has 0 aromatic carbocycles. The predicted molar refractivity (Wildman–Crippen MR) is 89.1 cm³/mol. The van der Waals surface area contributed by atoms with Gasteiger partial charge >= 0.3 is 12.4 Å². The normalized spacial score (nSPS) is 33.0. The Hall–Kier alpha value is -1.56. The second-order valence-corrected chi connectivity index (χ2v) is 7.96. The molecule has 0 spiro atoms. The summed E-state index contributed by atoms with van der Waals surface area (Å²) in [5.74, 6) is -6.13. The quantitative estimate of drug-likeness (QED) is 0.669. The Balaban J connectivity index is 1.64. The first-order valence-corrected chi connectivity index (χ1v) is 9.66. The number of amides is 2. The Bertz CT molecular complexity index is 626. The highest BCUT2D eigenvalue weighted by Crippen LogP contribution is 2.42. The van der Waals surface area contributed by atoms with Crippen molar-refractivity contribution >= 4 is 11.8 Å². The molecular weight excluding hydrogens is 406 g/mol. The van der Waals surface area contributed by atoms with E-state index in [1.54, 1.807) is 0 Å². The Morgan fingerprint density at radius 2 is 1.66 bits per heavy atom. The van der Waals surface area contributed by atoms with E-state index in [-0.39, 0.29) is 39.1 Å². The van der Waals surface area contributed by atoms with Crippen LogP contribution in [0.15, 0.2) is 0 Å². The van der Waals surface area contributed by atoms with Gasteiger partial charge in [-0.15, -0.1) is 0 Å². The number of nitrogens with one attached hydrogen (secondary N) is 2. The molecule has 2 heterocycles. The van der Waals surface area contributed by atoms with E-state index in [1.807, 2.05) is 5.43 Å². The van der Waals surface area contributed by atoms with Crippen molar-refractivity contribution < 1.29 is 35.9 Å². The molecule has 0 radical (unpaired) electrons. The van der Waals surface area contributed by atoms with Crippen molar-refractivity contribution in [1.82, 2.24) is 20.7 Å². The number of nitrogens with zero attached hydrogens (tertiary/aromatic N) is 2. The number of hydrogen-bond acceptors (Lipinski definition) is 4. The highest BCUT2D eigenvalue weighted by Gasteiger charge is 2.54. The van der Waals surface area contributed by atoms with Crippen LogP contribution >= 0.6 is 0 Å². The molecule has 2 saturated heterocycles. The summed E-state index contributed by atoms with van der Waals surface area (Å²) in [6.45, 7) is -0.454. The molecule has 6 nitrogen and oxygen atoms in total. The van der Waals surface area contributed by atoms with Crippen LogP contribution in [-0.4, -0.2) is 72.7 Å². The number of rotatable bonds is 3. The van der Waals surface area contributed by atoms with E-state index in [2.05, 4.69) is 5.43 Å². The first-order chi connectivity index (χ1) is 13.5. The van der Waals surface area contributed by atoms with Gasteiger partial charge in [-0.2, -0.15) is 26.3 Å². The SMILES string of the molecule is O=C1NNCC(N2CCN(CC3CCCCC3C(F)(F)F)C(=O)C2)C1C(F)(F)F. The molecule has 1 aliphatic carbocycles. The zero-order valence-electron chi connectivity index (χ0n) is 15.7. The van der Waals surface area contributed by atoms with Gasteiger partial charge in [0.1, 0.15) is 0 Å². The van der Waals surface area contributed by atoms with Crippen LogP contribution in [0.3, 0.4) is 0 Å². The van der Waals surface area contributed by atoms with Crippen molar-refractivity contribution in [3.63, 3.8) is 0 Å². The molecule has 29 heavy (non-hydrogen) atoms. The van der Waals surface area contributed by atoms with Crippen molar-refractivity contribution in [2.24, 2.45) is 17.8 Å². The average molecular weight is 430 g/mol. The number of hydrazine groups is 1. The van der Waals surface area contributed by atoms with Crippen LogP contribution in [0.2, 0.25) is 0 Å². The molecular formula is C17H24F6N4O2. The maximum Gasteiger partial charge on any atom is 0.402 e. The minimum Gasteiger partial charge on any atom is -0.340 e. The molecule has 166 valence electrons. The summed E-state index contributed by atoms with van der Waals surface area (Å²) in [6.07, 6.45) is -7.51. The number of carbonyl (C=O) groups is 2. The minimum absolute atomic E-state index is 0.0387. The summed E-state index contributed by atoms with van der Waals surface area (Å²) in [4.78, 5) is 26.8. The van der Waals surface area contributed by atoms with Crippen LogP contribution < -0.4 is 10.9 Å². The fourth-order valence-corrected chi connectivity index (χ4v) is 4.66. The molecule has 0 aromatic heterocycles. The van der Waals surface area contributed by atoms with Gasteiger partial charge in [-0.05, 0) is 18.8 Å². The van der Waals surface area contributed by atoms with E-state index in [0.29, 0.717) is 19.3 Å². The Morgan fingerprint density at radius 3 is 2.28 bits per heavy atom. The molecule has 4 atom stereocenters. The van der Waals surface area contributed by atoms with Crippen molar-refractivity contribution in [3.8, 4) is 0 Å². The van der Waals surface area contributed by atoms with Crippen molar-refractivity contribution in [2.45, 2.75) is 44.1 Å². The molecule has 1 saturated carbocycles. The van der Waals surface area contributed by atoms with E-state index >= 15 is 0 Å². The molecule has 2 aliphatic heterocycles. The summed E-state index contributed by atoms with van der Waals surface area (Å²) in [7, 11) is 0. The number of carbonyl (C=O) groups excluding carboxylic acids is 2. The Labute approximate surface area is 163 Å². The molecule has 12 heteroatoms. The van der Waals surface area contributed by atoms with Crippen LogP contribution in [-0.2, 0) is 9.59 Å². The van der Waals surface area contributed by atoms with Crippen LogP contribution in [0.5, 0.6) is 0 Å². The zero-order valence-corrected chi connectivity index (χ0v) is 15.7. The third kappa shape index (κ3) is 4.96. The van der Waals surface area contributed by atoms with Gasteiger partial charge in [0.2, 0.25) is 11.8 Å². The van der Waals surface area contributed by atoms with Gasteiger partial charge in [0.05, 0.1) is 12.5 Å². The number of hydrogen-bond donors (Lipinski definition) is 2. The average Bonchev–Trinajstić information content (AvgIpc) is 2.61. The lowest BCUT2D eigenvalue weighted by molar-refractivity contribution is -0.203. The maximum atomic E-state index is 13.3. The first-order valence-electron chi connectivity index (χ1n) is 9.66. The van der Waals surface area contributed by atoms with Gasteiger partial charge in [0, 0.05) is 32.2 Å². The highest BCUT2D eigenvalue weighted by atomic mass is 19.4. The summed E-state index contributed by atoms with van der Waals surface area (Å²) >= 11 is 0. The lowest BCUT2D eigenvalue weighted by Crippen LogP contribution is -2.67. The highest BCUT2D eigenvalue weighted by molar-refractivity contribution is 5.81. The summed E-state index contributed by atoms with van der Waals surface area (Å²) in [6, 6.07) is -1.24. The summed E-state index contributed by atoms with van der Waals surface area (Å²) < 4.78 is 79.8. The molecule has 3 rings (SSSR count). The second-order valence-electron chi connectivity index (χ2n) is 7.96. The Morgan fingerprint density at radius 1 is 0.966 bits per heavy atom. The zero-order chi connectivity index (χ0) is 21.4. The van der Waals surface area contributed by atoms with E-state index < -0.39 is 48.0 Å². The molecule has 0 aromatic rings. The molecule has 3 aliphatic rings. The van der Waals surface area contributed by atoms with Gasteiger partial charge in [-0.3, -0.25) is 19.9 Å². The van der Waals surface area contributed by atoms with Gasteiger partial charge in [-0.1, -0.05) is 12.8 Å². The monoisotopic (exact) mass is 430 g/mol. The molecule has 4 unspecified atom stereocenters. The summed E-state index contributed by atoms with van der Waals surface area (Å²) in [5.41, 5.74) is 4.37. The van der Waals surface area contributed by atoms with Crippen molar-refractivity contribution in [2.75, 3.05) is 32.7 Å². The van der Waals surface area contributed by atoms with Crippen LogP contribution in [0, 0.1) is 17.8 Å².